The minimum absolute atomic E-state index is 0.216. The van der Waals surface area contributed by atoms with Gasteiger partial charge in [-0.1, -0.05) is 17.8 Å². The van der Waals surface area contributed by atoms with Crippen molar-refractivity contribution >= 4 is 17.7 Å². The van der Waals surface area contributed by atoms with Crippen molar-refractivity contribution in [2.75, 3.05) is 39.0 Å². The Morgan fingerprint density at radius 2 is 2.12 bits per heavy atom. The predicted molar refractivity (Wildman–Crippen MR) is 69.0 cm³/mol. The number of hydrogen-bond donors (Lipinski definition) is 0. The highest BCUT2D eigenvalue weighted by molar-refractivity contribution is 7.99. The third-order valence-corrected chi connectivity index (χ3v) is 3.77. The second kappa shape index (κ2) is 6.02. The highest BCUT2D eigenvalue weighted by atomic mass is 32.2. The van der Waals surface area contributed by atoms with E-state index in [-0.39, 0.29) is 5.91 Å². The molecule has 0 aliphatic carbocycles. The number of piperazine rings is 1. The van der Waals surface area contributed by atoms with Crippen molar-refractivity contribution in [1.29, 1.82) is 0 Å². The zero-order chi connectivity index (χ0) is 12.1. The van der Waals surface area contributed by atoms with Crippen molar-refractivity contribution in [1.82, 2.24) is 14.8 Å². The van der Waals surface area contributed by atoms with E-state index < -0.39 is 0 Å². The molecular weight excluding hydrogens is 234 g/mol. The molecule has 0 N–H and O–H groups in total. The fourth-order valence-electron chi connectivity index (χ4n) is 1.72. The largest absolute Gasteiger partial charge is 0.339 e. The summed E-state index contributed by atoms with van der Waals surface area (Å²) in [6, 6.07) is 5.75. The normalized spacial score (nSPS) is 17.1. The van der Waals surface area contributed by atoms with E-state index in [9.17, 15) is 4.79 Å². The van der Waals surface area contributed by atoms with Gasteiger partial charge in [0.2, 0.25) is 5.91 Å². The lowest BCUT2D eigenvalue weighted by Crippen LogP contribution is -2.47. The average Bonchev–Trinajstić information content (AvgIpc) is 2.38. The first-order valence-corrected chi connectivity index (χ1v) is 6.74. The lowest BCUT2D eigenvalue weighted by Gasteiger charge is -2.32. The molecule has 1 aliphatic heterocycles. The molecule has 1 amide bonds. The summed E-state index contributed by atoms with van der Waals surface area (Å²) in [6.07, 6.45) is 1.75. The second-order valence-corrected chi connectivity index (χ2v) is 5.14. The number of nitrogens with zero attached hydrogens (tertiary/aromatic N) is 3. The maximum absolute atomic E-state index is 11.9. The number of carbonyl (C=O) groups excluding carboxylic acids is 1. The summed E-state index contributed by atoms with van der Waals surface area (Å²) in [7, 11) is 2.09. The van der Waals surface area contributed by atoms with E-state index in [1.165, 1.54) is 11.8 Å². The van der Waals surface area contributed by atoms with Gasteiger partial charge in [0.15, 0.2) is 0 Å². The van der Waals surface area contributed by atoms with Gasteiger partial charge in [0.25, 0.3) is 0 Å². The van der Waals surface area contributed by atoms with Crippen molar-refractivity contribution in [3.8, 4) is 0 Å². The van der Waals surface area contributed by atoms with Crippen molar-refractivity contribution in [3.63, 3.8) is 0 Å². The van der Waals surface area contributed by atoms with Crippen molar-refractivity contribution in [2.24, 2.45) is 0 Å². The van der Waals surface area contributed by atoms with Gasteiger partial charge in [0, 0.05) is 32.4 Å². The van der Waals surface area contributed by atoms with Gasteiger partial charge in [0.1, 0.15) is 0 Å². The van der Waals surface area contributed by atoms with E-state index in [2.05, 4.69) is 16.9 Å². The van der Waals surface area contributed by atoms with Crippen molar-refractivity contribution in [2.45, 2.75) is 5.03 Å². The topological polar surface area (TPSA) is 36.4 Å². The van der Waals surface area contributed by atoms with Crippen LogP contribution in [0.15, 0.2) is 29.4 Å². The molecule has 17 heavy (non-hydrogen) atoms. The molecule has 0 saturated carbocycles. The maximum Gasteiger partial charge on any atom is 0.233 e. The molecule has 5 heteroatoms. The Morgan fingerprint density at radius 1 is 1.35 bits per heavy atom. The number of rotatable bonds is 3. The molecule has 0 unspecified atom stereocenters. The van der Waals surface area contributed by atoms with Gasteiger partial charge in [-0.2, -0.15) is 0 Å². The van der Waals surface area contributed by atoms with Crippen LogP contribution in [0, 0.1) is 0 Å². The van der Waals surface area contributed by atoms with Gasteiger partial charge in [-0.25, -0.2) is 4.98 Å². The molecule has 1 aromatic heterocycles. The first-order chi connectivity index (χ1) is 8.25. The molecule has 0 atom stereocenters. The molecule has 1 aromatic rings. The van der Waals surface area contributed by atoms with Crippen molar-refractivity contribution < 1.29 is 4.79 Å². The van der Waals surface area contributed by atoms with Gasteiger partial charge >= 0.3 is 0 Å². The molecular formula is C12H17N3OS. The molecule has 92 valence electrons. The van der Waals surface area contributed by atoms with Crippen molar-refractivity contribution in [3.05, 3.63) is 24.4 Å². The first-order valence-electron chi connectivity index (χ1n) is 5.76. The van der Waals surface area contributed by atoms with Crippen LogP contribution in [0.25, 0.3) is 0 Å². The molecule has 2 heterocycles. The lowest BCUT2D eigenvalue weighted by atomic mass is 10.3. The quantitative estimate of drug-likeness (QED) is 0.749. The zero-order valence-corrected chi connectivity index (χ0v) is 10.8. The van der Waals surface area contributed by atoms with E-state index in [0.29, 0.717) is 5.75 Å². The smallest absolute Gasteiger partial charge is 0.233 e. The molecule has 4 nitrogen and oxygen atoms in total. The number of pyridine rings is 1. The lowest BCUT2D eigenvalue weighted by molar-refractivity contribution is -0.129. The molecule has 0 spiro atoms. The fourth-order valence-corrected chi connectivity index (χ4v) is 2.48. The number of aromatic nitrogens is 1. The first kappa shape index (κ1) is 12.4. The predicted octanol–water partition coefficient (Wildman–Crippen LogP) is 0.948. The summed E-state index contributed by atoms with van der Waals surface area (Å²) in [5.74, 6) is 0.703. The Balaban J connectivity index is 1.78. The Morgan fingerprint density at radius 3 is 2.76 bits per heavy atom. The van der Waals surface area contributed by atoms with E-state index in [0.717, 1.165) is 31.2 Å². The van der Waals surface area contributed by atoms with Gasteiger partial charge in [-0.05, 0) is 19.2 Å². The molecule has 1 fully saturated rings. The van der Waals surface area contributed by atoms with Crippen LogP contribution in [-0.4, -0.2) is 59.7 Å². The highest BCUT2D eigenvalue weighted by Gasteiger charge is 2.18. The number of likely N-dealkylation sites (N-methyl/N-ethyl adjacent to an activating group) is 1. The summed E-state index contributed by atoms with van der Waals surface area (Å²) in [5.41, 5.74) is 0. The zero-order valence-electron chi connectivity index (χ0n) is 10.0. The van der Waals surface area contributed by atoms with Crippen LogP contribution < -0.4 is 0 Å². The molecule has 0 radical (unpaired) electrons. The van der Waals surface area contributed by atoms with Crippen LogP contribution in [-0.2, 0) is 4.79 Å². The maximum atomic E-state index is 11.9. The summed E-state index contributed by atoms with van der Waals surface area (Å²) in [5, 5.41) is 0.912. The summed E-state index contributed by atoms with van der Waals surface area (Å²) >= 11 is 1.51. The molecule has 0 aromatic carbocycles. The summed E-state index contributed by atoms with van der Waals surface area (Å²) in [6.45, 7) is 3.64. The fraction of sp³-hybridized carbons (Fsp3) is 0.500. The third kappa shape index (κ3) is 3.71. The van der Waals surface area contributed by atoms with Crippen LogP contribution in [0.2, 0.25) is 0 Å². The SMILES string of the molecule is CN1CCN(C(=O)CSc2ccccn2)CC1. The number of amides is 1. The standard InChI is InChI=1S/C12H17N3OS/c1-14-6-8-15(9-7-14)12(16)10-17-11-4-2-3-5-13-11/h2-5H,6-10H2,1H3. The summed E-state index contributed by atoms with van der Waals surface area (Å²) < 4.78 is 0. The van der Waals surface area contributed by atoms with Gasteiger partial charge < -0.3 is 9.80 Å². The molecule has 0 bridgehead atoms. The van der Waals surface area contributed by atoms with Crippen LogP contribution in [0.4, 0.5) is 0 Å². The van der Waals surface area contributed by atoms with E-state index in [4.69, 9.17) is 0 Å². The van der Waals surface area contributed by atoms with Crippen LogP contribution in [0.5, 0.6) is 0 Å². The molecule has 1 saturated heterocycles. The number of hydrogen-bond acceptors (Lipinski definition) is 4. The Hall–Kier alpha value is -1.07. The second-order valence-electron chi connectivity index (χ2n) is 4.14. The Bertz CT molecular complexity index is 363. The Kier molecular flexibility index (Phi) is 4.39. The monoisotopic (exact) mass is 251 g/mol. The molecule has 1 aliphatic rings. The minimum Gasteiger partial charge on any atom is -0.339 e. The van der Waals surface area contributed by atoms with E-state index >= 15 is 0 Å². The Labute approximate surface area is 106 Å². The van der Waals surface area contributed by atoms with Crippen LogP contribution in [0.1, 0.15) is 0 Å². The third-order valence-electron chi connectivity index (χ3n) is 2.84. The molecule has 2 rings (SSSR count). The highest BCUT2D eigenvalue weighted by Crippen LogP contribution is 2.15. The van der Waals surface area contributed by atoms with Gasteiger partial charge in [-0.3, -0.25) is 4.79 Å². The van der Waals surface area contributed by atoms with Gasteiger partial charge in [0.05, 0.1) is 10.8 Å². The van der Waals surface area contributed by atoms with Crippen LogP contribution in [0.3, 0.4) is 0 Å². The average molecular weight is 251 g/mol. The van der Waals surface area contributed by atoms with E-state index in [1.54, 1.807) is 6.20 Å². The van der Waals surface area contributed by atoms with E-state index in [1.807, 2.05) is 23.1 Å². The minimum atomic E-state index is 0.216. The van der Waals surface area contributed by atoms with Crippen LogP contribution >= 0.6 is 11.8 Å². The van der Waals surface area contributed by atoms with Gasteiger partial charge in [-0.15, -0.1) is 0 Å². The number of carbonyl (C=O) groups is 1. The number of thioether (sulfide) groups is 1. The summed E-state index contributed by atoms with van der Waals surface area (Å²) in [4.78, 5) is 20.3.